The molecule has 1 fully saturated rings. The summed E-state index contributed by atoms with van der Waals surface area (Å²) in [5.74, 6) is -0.190. The summed E-state index contributed by atoms with van der Waals surface area (Å²) in [5, 5.41) is 54.4. The van der Waals surface area contributed by atoms with Gasteiger partial charge in [0.15, 0.2) is 6.29 Å². The van der Waals surface area contributed by atoms with Crippen LogP contribution in [0.1, 0.15) is 258 Å². The van der Waals surface area contributed by atoms with Gasteiger partial charge in [-0.05, 0) is 70.6 Å². The van der Waals surface area contributed by atoms with E-state index >= 15 is 0 Å². The summed E-state index contributed by atoms with van der Waals surface area (Å²) in [6.07, 6.45) is 56.1. The van der Waals surface area contributed by atoms with Gasteiger partial charge in [-0.2, -0.15) is 0 Å². The lowest BCUT2D eigenvalue weighted by atomic mass is 9.99. The number of hydrogen-bond donors (Lipinski definition) is 6. The van der Waals surface area contributed by atoms with Gasteiger partial charge in [-0.1, -0.05) is 229 Å². The molecule has 9 heteroatoms. The minimum absolute atomic E-state index is 0.190. The highest BCUT2D eigenvalue weighted by atomic mass is 16.7. The molecular formula is C58H107NO8. The Balaban J connectivity index is 2.19. The zero-order valence-corrected chi connectivity index (χ0v) is 43.4. The Labute approximate surface area is 412 Å². The van der Waals surface area contributed by atoms with E-state index in [1.54, 1.807) is 6.08 Å². The molecule has 1 heterocycles. The molecule has 0 radical (unpaired) electrons. The van der Waals surface area contributed by atoms with Crippen LogP contribution in [0.15, 0.2) is 48.6 Å². The van der Waals surface area contributed by atoms with Gasteiger partial charge in [-0.15, -0.1) is 0 Å². The second-order valence-corrected chi connectivity index (χ2v) is 19.7. The fraction of sp³-hybridized carbons (Fsp3) is 0.845. The molecule has 0 aromatic heterocycles. The standard InChI is InChI=1S/C58H107NO8/c1-3-5-7-9-11-13-15-17-19-20-21-22-23-24-25-26-27-28-29-30-31-32-34-36-38-40-42-44-46-48-54(62)59-51(50-66-58-57(65)56(64)55(63)53(49-60)67-58)52(61)47-45-43-41-39-37-35-33-18-16-14-12-10-8-6-4-2/h16,18,24-25,37,39,45,47,51-53,55-58,60-61,63-65H,3-15,17,19-23,26-36,38,40-44,46,48-50H2,1-2H3,(H,59,62)/b18-16+,25-24-,39-37+,47-45+. The summed E-state index contributed by atoms with van der Waals surface area (Å²) in [5.41, 5.74) is 0. The predicted octanol–water partition coefficient (Wildman–Crippen LogP) is 13.7. The summed E-state index contributed by atoms with van der Waals surface area (Å²) >= 11 is 0. The second kappa shape index (κ2) is 47.8. The van der Waals surface area contributed by atoms with Crippen LogP contribution < -0.4 is 5.32 Å². The van der Waals surface area contributed by atoms with Crippen molar-refractivity contribution in [3.8, 4) is 0 Å². The Morgan fingerprint density at radius 1 is 0.493 bits per heavy atom. The maximum absolute atomic E-state index is 13.0. The normalized spacial score (nSPS) is 20.0. The number of hydrogen-bond acceptors (Lipinski definition) is 8. The number of ether oxygens (including phenoxy) is 2. The molecule has 0 saturated carbocycles. The van der Waals surface area contributed by atoms with Gasteiger partial charge in [0, 0.05) is 6.42 Å². The fourth-order valence-electron chi connectivity index (χ4n) is 8.83. The fourth-order valence-corrected chi connectivity index (χ4v) is 8.83. The van der Waals surface area contributed by atoms with E-state index in [1.807, 2.05) is 6.08 Å². The number of carbonyl (C=O) groups is 1. The topological polar surface area (TPSA) is 149 Å². The molecule has 0 aromatic carbocycles. The third kappa shape index (κ3) is 37.6. The lowest BCUT2D eigenvalue weighted by molar-refractivity contribution is -0.302. The van der Waals surface area contributed by atoms with Crippen molar-refractivity contribution in [3.63, 3.8) is 0 Å². The quantitative estimate of drug-likeness (QED) is 0.0261. The van der Waals surface area contributed by atoms with Crippen LogP contribution in [-0.2, 0) is 14.3 Å². The first-order valence-electron chi connectivity index (χ1n) is 28.4. The molecule has 67 heavy (non-hydrogen) atoms. The molecule has 1 aliphatic rings. The molecular weight excluding hydrogens is 839 g/mol. The highest BCUT2D eigenvalue weighted by Gasteiger charge is 2.44. The number of nitrogens with one attached hydrogen (secondary N) is 1. The van der Waals surface area contributed by atoms with Crippen LogP contribution >= 0.6 is 0 Å². The summed E-state index contributed by atoms with van der Waals surface area (Å²) in [4.78, 5) is 13.0. The molecule has 0 spiro atoms. The van der Waals surface area contributed by atoms with Crippen molar-refractivity contribution in [2.45, 2.75) is 301 Å². The van der Waals surface area contributed by atoms with Crippen molar-refractivity contribution in [1.29, 1.82) is 0 Å². The van der Waals surface area contributed by atoms with Gasteiger partial charge in [0.1, 0.15) is 24.4 Å². The molecule has 0 aromatic rings. The van der Waals surface area contributed by atoms with E-state index in [-0.39, 0.29) is 12.5 Å². The first kappa shape index (κ1) is 63.2. The number of carbonyl (C=O) groups excluding carboxylic acids is 1. The molecule has 9 nitrogen and oxygen atoms in total. The van der Waals surface area contributed by atoms with Gasteiger partial charge in [-0.25, -0.2) is 0 Å². The third-order valence-electron chi connectivity index (χ3n) is 13.4. The molecule has 7 unspecified atom stereocenters. The number of amides is 1. The van der Waals surface area contributed by atoms with Crippen LogP contribution in [0.3, 0.4) is 0 Å². The molecule has 1 rings (SSSR count). The van der Waals surface area contributed by atoms with E-state index in [9.17, 15) is 30.3 Å². The lowest BCUT2D eigenvalue weighted by Crippen LogP contribution is -2.60. The number of unbranched alkanes of at least 4 members (excludes halogenated alkanes) is 32. The molecule has 1 aliphatic heterocycles. The minimum atomic E-state index is -1.57. The van der Waals surface area contributed by atoms with Gasteiger partial charge in [0.05, 0.1) is 25.4 Å². The minimum Gasteiger partial charge on any atom is -0.394 e. The van der Waals surface area contributed by atoms with Gasteiger partial charge >= 0.3 is 0 Å². The monoisotopic (exact) mass is 946 g/mol. The van der Waals surface area contributed by atoms with E-state index in [4.69, 9.17) is 9.47 Å². The van der Waals surface area contributed by atoms with Gasteiger partial charge in [0.25, 0.3) is 0 Å². The van der Waals surface area contributed by atoms with Crippen LogP contribution in [0.5, 0.6) is 0 Å². The van der Waals surface area contributed by atoms with Crippen LogP contribution in [0.2, 0.25) is 0 Å². The van der Waals surface area contributed by atoms with Crippen molar-refractivity contribution >= 4 is 5.91 Å². The Bertz CT molecular complexity index is 1190. The maximum Gasteiger partial charge on any atom is 0.220 e. The second-order valence-electron chi connectivity index (χ2n) is 19.7. The predicted molar refractivity (Wildman–Crippen MR) is 281 cm³/mol. The van der Waals surface area contributed by atoms with Gasteiger partial charge < -0.3 is 40.3 Å². The number of aliphatic hydroxyl groups is 5. The van der Waals surface area contributed by atoms with E-state index in [0.29, 0.717) is 6.42 Å². The molecule has 6 N–H and O–H groups in total. The Hall–Kier alpha value is -1.85. The average molecular weight is 946 g/mol. The largest absolute Gasteiger partial charge is 0.394 e. The highest BCUT2D eigenvalue weighted by molar-refractivity contribution is 5.76. The molecule has 392 valence electrons. The maximum atomic E-state index is 13.0. The first-order chi connectivity index (χ1) is 32.8. The van der Waals surface area contributed by atoms with Crippen LogP contribution in [0.4, 0.5) is 0 Å². The van der Waals surface area contributed by atoms with Crippen molar-refractivity contribution in [3.05, 3.63) is 48.6 Å². The zero-order valence-electron chi connectivity index (χ0n) is 43.4. The first-order valence-corrected chi connectivity index (χ1v) is 28.4. The molecule has 1 saturated heterocycles. The van der Waals surface area contributed by atoms with Gasteiger partial charge in [-0.3, -0.25) is 4.79 Å². The SMILES string of the molecule is CCCCCCC/C=C/CC/C=C/CC/C=C/C(O)C(COC1OC(CO)C(O)C(O)C1O)NC(=O)CCCCCCCCCCCCCCC/C=C\CCCCCCCCCCCCCC. The van der Waals surface area contributed by atoms with E-state index in [2.05, 4.69) is 55.6 Å². The number of aliphatic hydroxyl groups excluding tert-OH is 5. The van der Waals surface area contributed by atoms with Crippen molar-refractivity contribution < 1.29 is 39.8 Å². The van der Waals surface area contributed by atoms with Crippen LogP contribution in [-0.4, -0.2) is 87.5 Å². The van der Waals surface area contributed by atoms with Crippen LogP contribution in [0.25, 0.3) is 0 Å². The van der Waals surface area contributed by atoms with Gasteiger partial charge in [0.2, 0.25) is 5.91 Å². The Morgan fingerprint density at radius 2 is 0.851 bits per heavy atom. The summed E-state index contributed by atoms with van der Waals surface area (Å²) < 4.78 is 11.2. The highest BCUT2D eigenvalue weighted by Crippen LogP contribution is 2.23. The molecule has 1 amide bonds. The van der Waals surface area contributed by atoms with Crippen molar-refractivity contribution in [1.82, 2.24) is 5.32 Å². The molecule has 0 aliphatic carbocycles. The molecule has 0 bridgehead atoms. The lowest BCUT2D eigenvalue weighted by Gasteiger charge is -2.40. The van der Waals surface area contributed by atoms with E-state index in [0.717, 1.165) is 51.4 Å². The summed E-state index contributed by atoms with van der Waals surface area (Å²) in [6.45, 7) is 3.75. The average Bonchev–Trinajstić information content (AvgIpc) is 3.33. The van der Waals surface area contributed by atoms with E-state index < -0.39 is 49.5 Å². The third-order valence-corrected chi connectivity index (χ3v) is 13.4. The van der Waals surface area contributed by atoms with E-state index in [1.165, 1.54) is 186 Å². The zero-order chi connectivity index (χ0) is 48.7. The number of allylic oxidation sites excluding steroid dienone is 7. The van der Waals surface area contributed by atoms with Crippen LogP contribution in [0, 0.1) is 0 Å². The number of rotatable bonds is 48. The molecule has 7 atom stereocenters. The summed E-state index contributed by atoms with van der Waals surface area (Å²) in [7, 11) is 0. The van der Waals surface area contributed by atoms with Crippen molar-refractivity contribution in [2.24, 2.45) is 0 Å². The Kier molecular flexibility index (Phi) is 45.1. The Morgan fingerprint density at radius 3 is 1.25 bits per heavy atom. The smallest absolute Gasteiger partial charge is 0.220 e. The summed E-state index contributed by atoms with van der Waals surface area (Å²) in [6, 6.07) is -0.828. The van der Waals surface area contributed by atoms with Crippen molar-refractivity contribution in [2.75, 3.05) is 13.2 Å².